The van der Waals surface area contributed by atoms with Crippen LogP contribution in [0.2, 0.25) is 0 Å². The molecule has 1 aliphatic rings. The molecule has 0 radical (unpaired) electrons. The minimum Gasteiger partial charge on any atom is -0.496 e. The number of aromatic nitrogens is 4. The zero-order valence-corrected chi connectivity index (χ0v) is 16.3. The maximum Gasteiger partial charge on any atom is 0.185 e. The highest BCUT2D eigenvalue weighted by molar-refractivity contribution is 5.97. The number of hydrogen-bond acceptors (Lipinski definition) is 6. The van der Waals surface area contributed by atoms with E-state index in [0.717, 1.165) is 40.4 Å². The number of benzene rings is 1. The molecular weight excluding hydrogens is 368 g/mol. The van der Waals surface area contributed by atoms with Crippen LogP contribution in [0.4, 0.5) is 0 Å². The summed E-state index contributed by atoms with van der Waals surface area (Å²) >= 11 is 0. The van der Waals surface area contributed by atoms with Gasteiger partial charge in [-0.05, 0) is 24.6 Å². The largest absolute Gasteiger partial charge is 0.496 e. The van der Waals surface area contributed by atoms with E-state index in [0.29, 0.717) is 24.2 Å². The van der Waals surface area contributed by atoms with Gasteiger partial charge in [-0.25, -0.2) is 4.52 Å². The summed E-state index contributed by atoms with van der Waals surface area (Å²) in [6, 6.07) is 11.6. The summed E-state index contributed by atoms with van der Waals surface area (Å²) in [4.78, 5) is 12.8. The van der Waals surface area contributed by atoms with E-state index in [2.05, 4.69) is 17.1 Å². The second-order valence-corrected chi connectivity index (χ2v) is 7.15. The van der Waals surface area contributed by atoms with Gasteiger partial charge < -0.3 is 9.15 Å². The molecule has 0 N–H and O–H groups in total. The van der Waals surface area contributed by atoms with Crippen molar-refractivity contribution in [3.8, 4) is 16.9 Å². The fourth-order valence-corrected chi connectivity index (χ4v) is 4.11. The van der Waals surface area contributed by atoms with Crippen molar-refractivity contribution in [2.75, 3.05) is 7.11 Å². The van der Waals surface area contributed by atoms with Gasteiger partial charge in [0.2, 0.25) is 0 Å². The van der Waals surface area contributed by atoms with Crippen LogP contribution in [0, 0.1) is 0 Å². The molecule has 4 aromatic rings. The topological polar surface area (TPSA) is 82.5 Å². The molecule has 1 unspecified atom stereocenters. The lowest BCUT2D eigenvalue weighted by Crippen LogP contribution is -2.24. The standard InChI is InChI=1S/C22H20N4O3/c1-3-15-20(14-7-4-5-8-19(14)28-2)22-24-23-21-16(26(22)25-15)11-13(12-17(21)27)18-9-6-10-29-18/h4-10,13H,3,11-12H2,1-2H3. The van der Waals surface area contributed by atoms with E-state index in [-0.39, 0.29) is 11.7 Å². The number of fused-ring (bicyclic) bond motifs is 3. The Morgan fingerprint density at radius 2 is 2.03 bits per heavy atom. The number of ether oxygens (including phenoxy) is 1. The van der Waals surface area contributed by atoms with Gasteiger partial charge in [0.25, 0.3) is 0 Å². The smallest absolute Gasteiger partial charge is 0.185 e. The number of carbonyl (C=O) groups excluding carboxylic acids is 1. The highest BCUT2D eigenvalue weighted by Crippen LogP contribution is 2.37. The van der Waals surface area contributed by atoms with Crippen LogP contribution in [-0.4, -0.2) is 32.7 Å². The number of ketones is 1. The molecule has 7 nitrogen and oxygen atoms in total. The normalized spacial score (nSPS) is 16.2. The van der Waals surface area contributed by atoms with Gasteiger partial charge in [-0.15, -0.1) is 10.2 Å². The van der Waals surface area contributed by atoms with Crippen molar-refractivity contribution in [2.45, 2.75) is 32.1 Å². The fourth-order valence-electron chi connectivity index (χ4n) is 4.11. The van der Waals surface area contributed by atoms with Crippen LogP contribution < -0.4 is 4.74 Å². The van der Waals surface area contributed by atoms with Crippen LogP contribution in [0.15, 0.2) is 47.1 Å². The average Bonchev–Trinajstić information content (AvgIpc) is 3.41. The predicted octanol–water partition coefficient (Wildman–Crippen LogP) is 3.87. The van der Waals surface area contributed by atoms with Crippen molar-refractivity contribution in [1.29, 1.82) is 0 Å². The van der Waals surface area contributed by atoms with Gasteiger partial charge in [0.05, 0.1) is 30.3 Å². The first kappa shape index (κ1) is 17.6. The van der Waals surface area contributed by atoms with Crippen molar-refractivity contribution in [1.82, 2.24) is 19.8 Å². The third-order valence-electron chi connectivity index (χ3n) is 5.50. The molecule has 0 aliphatic heterocycles. The van der Waals surface area contributed by atoms with E-state index in [1.165, 1.54) is 0 Å². The van der Waals surface area contributed by atoms with Gasteiger partial charge >= 0.3 is 0 Å². The summed E-state index contributed by atoms with van der Waals surface area (Å²) in [7, 11) is 1.65. The Labute approximate surface area is 167 Å². The first-order valence-electron chi connectivity index (χ1n) is 9.68. The zero-order valence-electron chi connectivity index (χ0n) is 16.3. The first-order chi connectivity index (χ1) is 14.2. The monoisotopic (exact) mass is 388 g/mol. The molecule has 3 aromatic heterocycles. The average molecular weight is 388 g/mol. The van der Waals surface area contributed by atoms with E-state index in [1.807, 2.05) is 36.4 Å². The molecule has 7 heteroatoms. The van der Waals surface area contributed by atoms with Crippen LogP contribution in [-0.2, 0) is 12.8 Å². The second kappa shape index (κ2) is 6.84. The Morgan fingerprint density at radius 1 is 1.17 bits per heavy atom. The fraction of sp³-hybridized carbons (Fsp3) is 0.273. The SMILES string of the molecule is CCc1nn2c3c(nnc2c1-c1ccccc1OC)C(=O)CC(c1ccco1)C3. The predicted molar refractivity (Wildman–Crippen MR) is 106 cm³/mol. The number of carbonyl (C=O) groups is 1. The van der Waals surface area contributed by atoms with Gasteiger partial charge in [0.1, 0.15) is 11.5 Å². The second-order valence-electron chi connectivity index (χ2n) is 7.15. The Morgan fingerprint density at radius 3 is 2.79 bits per heavy atom. The molecule has 1 aliphatic carbocycles. The van der Waals surface area contributed by atoms with E-state index < -0.39 is 0 Å². The van der Waals surface area contributed by atoms with E-state index in [1.54, 1.807) is 17.9 Å². The Balaban J connectivity index is 1.73. The summed E-state index contributed by atoms with van der Waals surface area (Å²) in [5.74, 6) is 1.50. The van der Waals surface area contributed by atoms with E-state index in [9.17, 15) is 4.79 Å². The zero-order chi connectivity index (χ0) is 20.0. The third-order valence-corrected chi connectivity index (χ3v) is 5.50. The first-order valence-corrected chi connectivity index (χ1v) is 9.68. The molecule has 5 rings (SSSR count). The highest BCUT2D eigenvalue weighted by atomic mass is 16.5. The summed E-state index contributed by atoms with van der Waals surface area (Å²) in [5.41, 5.74) is 4.52. The molecule has 1 atom stereocenters. The lowest BCUT2D eigenvalue weighted by Gasteiger charge is -2.21. The highest BCUT2D eigenvalue weighted by Gasteiger charge is 2.33. The number of hydrogen-bond donors (Lipinski definition) is 0. The van der Waals surface area contributed by atoms with Gasteiger partial charge in [0, 0.05) is 24.3 Å². The minimum atomic E-state index is -0.0329. The summed E-state index contributed by atoms with van der Waals surface area (Å²) in [6.45, 7) is 2.05. The van der Waals surface area contributed by atoms with E-state index in [4.69, 9.17) is 14.3 Å². The number of Topliss-reactive ketones (excluding diaryl/α,β-unsaturated/α-hetero) is 1. The number of rotatable bonds is 4. The summed E-state index contributed by atoms with van der Waals surface area (Å²) in [5, 5.41) is 13.5. The molecule has 29 heavy (non-hydrogen) atoms. The van der Waals surface area contributed by atoms with Crippen molar-refractivity contribution >= 4 is 11.4 Å². The lowest BCUT2D eigenvalue weighted by molar-refractivity contribution is 0.0951. The maximum absolute atomic E-state index is 12.8. The van der Waals surface area contributed by atoms with Crippen LogP contribution in [0.3, 0.4) is 0 Å². The Hall–Kier alpha value is -3.48. The van der Waals surface area contributed by atoms with Crippen molar-refractivity contribution in [2.24, 2.45) is 0 Å². The van der Waals surface area contributed by atoms with Gasteiger partial charge in [0.15, 0.2) is 17.1 Å². The molecule has 0 fully saturated rings. The van der Waals surface area contributed by atoms with Gasteiger partial charge in [-0.1, -0.05) is 25.1 Å². The minimum absolute atomic E-state index is 0.0265. The lowest BCUT2D eigenvalue weighted by atomic mass is 9.87. The van der Waals surface area contributed by atoms with Crippen LogP contribution in [0.1, 0.15) is 46.9 Å². The third kappa shape index (κ3) is 2.73. The molecule has 0 bridgehead atoms. The van der Waals surface area contributed by atoms with Crippen LogP contribution in [0.5, 0.6) is 5.75 Å². The number of aryl methyl sites for hydroxylation is 1. The molecule has 3 heterocycles. The Bertz CT molecular complexity index is 1210. The molecule has 0 spiro atoms. The molecule has 1 aromatic carbocycles. The quantitative estimate of drug-likeness (QED) is 0.528. The van der Waals surface area contributed by atoms with Crippen molar-refractivity contribution in [3.63, 3.8) is 0 Å². The van der Waals surface area contributed by atoms with Gasteiger partial charge in [-0.3, -0.25) is 4.79 Å². The number of furan rings is 1. The molecule has 0 saturated carbocycles. The molecule has 0 amide bonds. The summed E-state index contributed by atoms with van der Waals surface area (Å²) < 4.78 is 12.9. The van der Waals surface area contributed by atoms with E-state index >= 15 is 0 Å². The number of methoxy groups -OCH3 is 1. The Kier molecular flexibility index (Phi) is 4.16. The van der Waals surface area contributed by atoms with Crippen LogP contribution in [0.25, 0.3) is 16.8 Å². The van der Waals surface area contributed by atoms with Crippen LogP contribution >= 0.6 is 0 Å². The number of nitrogens with zero attached hydrogens (tertiary/aromatic N) is 4. The van der Waals surface area contributed by atoms with Crippen molar-refractivity contribution < 1.29 is 13.9 Å². The molecular formula is C22H20N4O3. The molecule has 0 saturated heterocycles. The maximum atomic E-state index is 12.8. The number of para-hydroxylation sites is 1. The summed E-state index contributed by atoms with van der Waals surface area (Å²) in [6.07, 6.45) is 3.35. The van der Waals surface area contributed by atoms with Gasteiger partial charge in [-0.2, -0.15) is 5.10 Å². The molecule has 146 valence electrons. The van der Waals surface area contributed by atoms with Crippen molar-refractivity contribution in [3.05, 3.63) is 65.5 Å².